The van der Waals surface area contributed by atoms with Gasteiger partial charge in [0.1, 0.15) is 6.54 Å². The molecule has 0 aromatic rings. The number of hydrogen-bond donors (Lipinski definition) is 3. The zero-order valence-electron chi connectivity index (χ0n) is 9.29. The van der Waals surface area contributed by atoms with Crippen LogP contribution in [0.5, 0.6) is 0 Å². The third kappa shape index (κ3) is 15.8. The Hall–Kier alpha value is -0.970. The van der Waals surface area contributed by atoms with Gasteiger partial charge in [-0.2, -0.15) is 0 Å². The smallest absolute Gasteiger partial charge is 0.323 e. The number of guanidine groups is 1. The molecule has 0 bridgehead atoms. The van der Waals surface area contributed by atoms with E-state index in [0.29, 0.717) is 0 Å². The number of hydrogen-bond acceptors (Lipinski definition) is 2. The maximum Gasteiger partial charge on any atom is 0.323 e. The fourth-order valence-corrected chi connectivity index (χ4v) is 0.822. The van der Waals surface area contributed by atoms with Crippen LogP contribution in [0, 0.1) is 5.41 Å². The average Bonchev–Trinajstić information content (AvgIpc) is 2.14. The van der Waals surface area contributed by atoms with Gasteiger partial charge in [-0.1, -0.05) is 19.8 Å². The average molecular weight is 238 g/mol. The lowest BCUT2D eigenvalue weighted by molar-refractivity contribution is -0.137. The van der Waals surface area contributed by atoms with Gasteiger partial charge in [0.25, 0.3) is 0 Å². The van der Waals surface area contributed by atoms with E-state index in [1.54, 1.807) is 0 Å². The van der Waals surface area contributed by atoms with Crippen molar-refractivity contribution in [1.82, 2.24) is 4.90 Å². The zero-order chi connectivity index (χ0) is 12.3. The van der Waals surface area contributed by atoms with Crippen LogP contribution in [0.15, 0.2) is 0 Å². The van der Waals surface area contributed by atoms with Crippen LogP contribution in [0.1, 0.15) is 26.2 Å². The van der Waals surface area contributed by atoms with E-state index >= 15 is 0 Å². The fourth-order valence-electron chi connectivity index (χ4n) is 0.633. The molecule has 0 amide bonds. The number of rotatable bonds is 5. The van der Waals surface area contributed by atoms with E-state index in [9.17, 15) is 4.79 Å². The Morgan fingerprint density at radius 2 is 2.07 bits per heavy atom. The number of carboxylic acid groups (broad SMARTS) is 1. The minimum atomic E-state index is -0.993. The van der Waals surface area contributed by atoms with Crippen molar-refractivity contribution >= 4 is 23.5 Å². The summed E-state index contributed by atoms with van der Waals surface area (Å²) in [7, 11) is 1.44. The van der Waals surface area contributed by atoms with E-state index in [4.69, 9.17) is 27.9 Å². The molecule has 4 N–H and O–H groups in total. The highest BCUT2D eigenvalue weighted by Gasteiger charge is 2.03. The summed E-state index contributed by atoms with van der Waals surface area (Å²) < 4.78 is 0. The van der Waals surface area contributed by atoms with Gasteiger partial charge < -0.3 is 15.7 Å². The van der Waals surface area contributed by atoms with Gasteiger partial charge in [0.2, 0.25) is 0 Å². The molecule has 0 aliphatic rings. The van der Waals surface area contributed by atoms with Crippen molar-refractivity contribution in [1.29, 1.82) is 5.41 Å². The number of halogens is 1. The molecule has 5 nitrogen and oxygen atoms in total. The molecule has 0 saturated heterocycles. The number of carboxylic acids is 1. The Kier molecular flexibility index (Phi) is 12.2. The molecular formula is C9H20ClN3O2. The highest BCUT2D eigenvalue weighted by molar-refractivity contribution is 6.17. The zero-order valence-corrected chi connectivity index (χ0v) is 10.0. The van der Waals surface area contributed by atoms with Crippen LogP contribution >= 0.6 is 11.6 Å². The first-order valence-electron chi connectivity index (χ1n) is 4.78. The summed E-state index contributed by atoms with van der Waals surface area (Å²) in [6.45, 7) is 1.95. The third-order valence-electron chi connectivity index (χ3n) is 1.52. The number of alkyl halides is 1. The lowest BCUT2D eigenvalue weighted by Crippen LogP contribution is -2.36. The number of likely N-dealkylation sites (N-methyl/N-ethyl adjacent to an activating group) is 1. The maximum absolute atomic E-state index is 9.92. The minimum Gasteiger partial charge on any atom is -0.480 e. The molecule has 6 heteroatoms. The number of nitrogens with two attached hydrogens (primary N) is 1. The molecule has 90 valence electrons. The molecule has 0 spiro atoms. The lowest BCUT2D eigenvalue weighted by Gasteiger charge is -2.12. The molecule has 0 atom stereocenters. The molecule has 0 unspecified atom stereocenters. The molecule has 0 aliphatic heterocycles. The number of carbonyl (C=O) groups is 1. The largest absolute Gasteiger partial charge is 0.480 e. The Morgan fingerprint density at radius 3 is 2.20 bits per heavy atom. The summed E-state index contributed by atoms with van der Waals surface area (Å²) in [5.74, 6) is -0.404. The summed E-state index contributed by atoms with van der Waals surface area (Å²) in [6, 6.07) is 0. The van der Waals surface area contributed by atoms with Gasteiger partial charge in [0.15, 0.2) is 5.96 Å². The molecule has 0 saturated carbocycles. The van der Waals surface area contributed by atoms with E-state index in [1.807, 2.05) is 0 Å². The second kappa shape index (κ2) is 11.1. The van der Waals surface area contributed by atoms with Crippen molar-refractivity contribution in [3.63, 3.8) is 0 Å². The molecule has 0 aromatic carbocycles. The number of aliphatic carboxylic acids is 1. The van der Waals surface area contributed by atoms with Crippen molar-refractivity contribution in [3.8, 4) is 0 Å². The van der Waals surface area contributed by atoms with E-state index in [2.05, 4.69) is 6.92 Å². The van der Waals surface area contributed by atoms with Gasteiger partial charge in [0.05, 0.1) is 0 Å². The van der Waals surface area contributed by atoms with Gasteiger partial charge in [-0.3, -0.25) is 10.2 Å². The second-order valence-corrected chi connectivity index (χ2v) is 3.41. The van der Waals surface area contributed by atoms with Gasteiger partial charge in [0, 0.05) is 12.9 Å². The molecular weight excluding hydrogens is 218 g/mol. The van der Waals surface area contributed by atoms with Crippen LogP contribution in [0.25, 0.3) is 0 Å². The van der Waals surface area contributed by atoms with Gasteiger partial charge >= 0.3 is 5.97 Å². The van der Waals surface area contributed by atoms with E-state index in [0.717, 1.165) is 10.8 Å². The van der Waals surface area contributed by atoms with Gasteiger partial charge in [-0.25, -0.2) is 0 Å². The molecule has 0 aromatic heterocycles. The van der Waals surface area contributed by atoms with Crippen molar-refractivity contribution < 1.29 is 9.90 Å². The normalized spacial score (nSPS) is 8.73. The van der Waals surface area contributed by atoms with Crippen LogP contribution < -0.4 is 5.73 Å². The lowest BCUT2D eigenvalue weighted by atomic mass is 10.3. The van der Waals surface area contributed by atoms with Gasteiger partial charge in [-0.05, 0) is 6.42 Å². The monoisotopic (exact) mass is 237 g/mol. The predicted molar refractivity (Wildman–Crippen MR) is 62.4 cm³/mol. The Morgan fingerprint density at radius 1 is 1.53 bits per heavy atom. The molecule has 0 heterocycles. The summed E-state index contributed by atoms with van der Waals surface area (Å²) in [5, 5.41) is 14.9. The molecule has 0 radical (unpaired) electrons. The number of unbranched alkanes of at least 4 members (excludes halogenated alkanes) is 2. The maximum atomic E-state index is 9.92. The van der Waals surface area contributed by atoms with Crippen molar-refractivity contribution in [2.24, 2.45) is 5.73 Å². The Labute approximate surface area is 95.7 Å². The summed E-state index contributed by atoms with van der Waals surface area (Å²) in [4.78, 5) is 11.0. The van der Waals surface area contributed by atoms with E-state index < -0.39 is 5.97 Å². The van der Waals surface area contributed by atoms with Crippen LogP contribution in [-0.2, 0) is 4.79 Å². The quantitative estimate of drug-likeness (QED) is 0.291. The Balaban J connectivity index is 0. The van der Waals surface area contributed by atoms with Crippen molar-refractivity contribution in [2.75, 3.05) is 19.5 Å². The van der Waals surface area contributed by atoms with Crippen molar-refractivity contribution in [2.45, 2.75) is 26.2 Å². The highest BCUT2D eigenvalue weighted by Crippen LogP contribution is 1.93. The van der Waals surface area contributed by atoms with Crippen molar-refractivity contribution in [3.05, 3.63) is 0 Å². The summed E-state index contributed by atoms with van der Waals surface area (Å²) in [6.07, 6.45) is 3.73. The summed E-state index contributed by atoms with van der Waals surface area (Å²) >= 11 is 5.38. The highest BCUT2D eigenvalue weighted by atomic mass is 35.5. The SMILES string of the molecule is CCCCCCl.CN(CC(=O)O)C(=N)N. The number of nitrogens with zero attached hydrogens (tertiary/aromatic N) is 1. The topological polar surface area (TPSA) is 90.4 Å². The van der Waals surface area contributed by atoms with Crippen LogP contribution in [0.2, 0.25) is 0 Å². The molecule has 0 aliphatic carbocycles. The van der Waals surface area contributed by atoms with E-state index in [-0.39, 0.29) is 12.5 Å². The van der Waals surface area contributed by atoms with Crippen LogP contribution in [-0.4, -0.2) is 41.4 Å². The first kappa shape index (κ1) is 16.5. The second-order valence-electron chi connectivity index (χ2n) is 3.03. The van der Waals surface area contributed by atoms with Crippen LogP contribution in [0.4, 0.5) is 0 Å². The predicted octanol–water partition coefficient (Wildman–Crippen LogP) is 1.31. The minimum absolute atomic E-state index is 0.227. The first-order chi connectivity index (χ1) is 6.95. The van der Waals surface area contributed by atoms with Crippen LogP contribution in [0.3, 0.4) is 0 Å². The molecule has 0 rings (SSSR count). The standard InChI is InChI=1S/C5H11Cl.C4H9N3O2/c1-2-3-4-5-6;1-7(4(5)6)2-3(8)9/h2-5H2,1H3;2H2,1H3,(H3,5,6)(H,8,9). The summed E-state index contributed by atoms with van der Waals surface area (Å²) in [5.41, 5.74) is 4.93. The first-order valence-corrected chi connectivity index (χ1v) is 5.32. The third-order valence-corrected chi connectivity index (χ3v) is 1.79. The number of nitrogens with one attached hydrogen (secondary N) is 1. The molecule has 15 heavy (non-hydrogen) atoms. The Bertz CT molecular complexity index is 184. The molecule has 0 fully saturated rings. The van der Waals surface area contributed by atoms with Gasteiger partial charge in [-0.15, -0.1) is 11.6 Å². The fraction of sp³-hybridized carbons (Fsp3) is 0.778. The van der Waals surface area contributed by atoms with E-state index in [1.165, 1.54) is 26.3 Å².